The van der Waals surface area contributed by atoms with Gasteiger partial charge in [-0.3, -0.25) is 9.59 Å². The van der Waals surface area contributed by atoms with Gasteiger partial charge in [-0.05, 0) is 39.0 Å². The number of carbonyl (C=O) groups excluding carboxylic acids is 2. The normalized spacial score (nSPS) is 11.0. The van der Waals surface area contributed by atoms with E-state index in [9.17, 15) is 9.59 Å². The Morgan fingerprint density at radius 3 is 2.42 bits per heavy atom. The molecule has 104 valence electrons. The van der Waals surface area contributed by atoms with Crippen LogP contribution in [0, 0.1) is 0 Å². The first-order chi connectivity index (χ1) is 8.69. The van der Waals surface area contributed by atoms with E-state index in [1.165, 1.54) is 11.8 Å². The standard InChI is InChI=1S/C14H19ClN2O2/c1-10(18)17(9-13(19)16-14(2,3)4)12-7-5-6-11(15)8-12/h5-8H,9H2,1-4H3,(H,16,19). The second-order valence-electron chi connectivity index (χ2n) is 5.38. The number of anilines is 1. The van der Waals surface area contributed by atoms with Crippen molar-refractivity contribution in [3.8, 4) is 0 Å². The number of nitrogens with one attached hydrogen (secondary N) is 1. The average molecular weight is 283 g/mol. The third kappa shape index (κ3) is 5.30. The number of carbonyl (C=O) groups is 2. The van der Waals surface area contributed by atoms with Crippen molar-refractivity contribution >= 4 is 29.1 Å². The van der Waals surface area contributed by atoms with E-state index in [1.807, 2.05) is 20.8 Å². The third-order valence-electron chi connectivity index (χ3n) is 2.32. The summed E-state index contributed by atoms with van der Waals surface area (Å²) >= 11 is 5.90. The molecule has 1 aromatic rings. The molecular weight excluding hydrogens is 264 g/mol. The molecule has 0 radical (unpaired) electrons. The van der Waals surface area contributed by atoms with Crippen molar-refractivity contribution in [3.05, 3.63) is 29.3 Å². The van der Waals surface area contributed by atoms with Crippen LogP contribution in [0.5, 0.6) is 0 Å². The van der Waals surface area contributed by atoms with E-state index >= 15 is 0 Å². The minimum atomic E-state index is -0.326. The highest BCUT2D eigenvalue weighted by molar-refractivity contribution is 6.30. The molecule has 0 atom stereocenters. The van der Waals surface area contributed by atoms with Gasteiger partial charge in [0, 0.05) is 23.2 Å². The van der Waals surface area contributed by atoms with Crippen LogP contribution < -0.4 is 10.2 Å². The molecule has 0 unspecified atom stereocenters. The first-order valence-electron chi connectivity index (χ1n) is 6.04. The number of amides is 2. The van der Waals surface area contributed by atoms with Gasteiger partial charge >= 0.3 is 0 Å². The largest absolute Gasteiger partial charge is 0.350 e. The van der Waals surface area contributed by atoms with Gasteiger partial charge in [-0.1, -0.05) is 17.7 Å². The van der Waals surface area contributed by atoms with Gasteiger partial charge in [-0.15, -0.1) is 0 Å². The van der Waals surface area contributed by atoms with Crippen LogP contribution in [0.15, 0.2) is 24.3 Å². The molecule has 5 heteroatoms. The molecular formula is C14H19ClN2O2. The summed E-state index contributed by atoms with van der Waals surface area (Å²) < 4.78 is 0. The molecule has 1 aromatic carbocycles. The number of rotatable bonds is 3. The summed E-state index contributed by atoms with van der Waals surface area (Å²) in [6, 6.07) is 6.87. The predicted molar refractivity (Wildman–Crippen MR) is 77.4 cm³/mol. The fraction of sp³-hybridized carbons (Fsp3) is 0.429. The summed E-state index contributed by atoms with van der Waals surface area (Å²) in [5.41, 5.74) is 0.289. The molecule has 19 heavy (non-hydrogen) atoms. The Kier molecular flexibility index (Phi) is 4.95. The Morgan fingerprint density at radius 1 is 1.32 bits per heavy atom. The molecule has 0 saturated heterocycles. The van der Waals surface area contributed by atoms with Crippen LogP contribution in [0.25, 0.3) is 0 Å². The molecule has 0 aliphatic rings. The van der Waals surface area contributed by atoms with Gasteiger partial charge in [-0.2, -0.15) is 0 Å². The molecule has 2 amide bonds. The lowest BCUT2D eigenvalue weighted by Gasteiger charge is -2.25. The number of nitrogens with zero attached hydrogens (tertiary/aromatic N) is 1. The van der Waals surface area contributed by atoms with E-state index < -0.39 is 0 Å². The molecule has 1 rings (SSSR count). The Labute approximate surface area is 118 Å². The van der Waals surface area contributed by atoms with Crippen LogP contribution in [0.1, 0.15) is 27.7 Å². The van der Waals surface area contributed by atoms with E-state index in [1.54, 1.807) is 24.3 Å². The molecule has 0 fully saturated rings. The zero-order valence-electron chi connectivity index (χ0n) is 11.7. The first-order valence-corrected chi connectivity index (χ1v) is 6.41. The van der Waals surface area contributed by atoms with E-state index in [-0.39, 0.29) is 23.9 Å². The van der Waals surface area contributed by atoms with Crippen molar-refractivity contribution < 1.29 is 9.59 Å². The summed E-state index contributed by atoms with van der Waals surface area (Å²) in [5.74, 6) is -0.408. The molecule has 0 aliphatic carbocycles. The van der Waals surface area contributed by atoms with Crippen LogP contribution in [-0.4, -0.2) is 23.9 Å². The number of hydrogen-bond acceptors (Lipinski definition) is 2. The van der Waals surface area contributed by atoms with Crippen LogP contribution >= 0.6 is 11.6 Å². The van der Waals surface area contributed by atoms with Crippen molar-refractivity contribution in [1.82, 2.24) is 5.32 Å². The summed E-state index contributed by atoms with van der Waals surface area (Å²) in [4.78, 5) is 24.9. The maximum atomic E-state index is 11.9. The average Bonchev–Trinajstić information content (AvgIpc) is 2.23. The van der Waals surface area contributed by atoms with Crippen LogP contribution in [0.2, 0.25) is 5.02 Å². The maximum Gasteiger partial charge on any atom is 0.240 e. The molecule has 1 N–H and O–H groups in total. The van der Waals surface area contributed by atoms with E-state index in [0.29, 0.717) is 10.7 Å². The van der Waals surface area contributed by atoms with E-state index in [2.05, 4.69) is 5.32 Å². The summed E-state index contributed by atoms with van der Waals surface area (Å²) in [6.07, 6.45) is 0. The van der Waals surface area contributed by atoms with Crippen LogP contribution in [0.3, 0.4) is 0 Å². The minimum absolute atomic E-state index is 0.0209. The van der Waals surface area contributed by atoms with Gasteiger partial charge < -0.3 is 10.2 Å². The van der Waals surface area contributed by atoms with Gasteiger partial charge in [0.1, 0.15) is 6.54 Å². The quantitative estimate of drug-likeness (QED) is 0.926. The van der Waals surface area contributed by atoms with Gasteiger partial charge in [0.25, 0.3) is 0 Å². The van der Waals surface area contributed by atoms with Gasteiger partial charge in [0.05, 0.1) is 0 Å². The Hall–Kier alpha value is -1.55. The highest BCUT2D eigenvalue weighted by Crippen LogP contribution is 2.19. The number of halogens is 1. The second kappa shape index (κ2) is 6.06. The summed E-state index contributed by atoms with van der Waals surface area (Å²) in [7, 11) is 0. The highest BCUT2D eigenvalue weighted by atomic mass is 35.5. The summed E-state index contributed by atoms with van der Waals surface area (Å²) in [6.45, 7) is 7.07. The third-order valence-corrected chi connectivity index (χ3v) is 2.55. The SMILES string of the molecule is CC(=O)N(CC(=O)NC(C)(C)C)c1cccc(Cl)c1. The Bertz CT molecular complexity index is 481. The molecule has 0 saturated carbocycles. The van der Waals surface area contributed by atoms with Gasteiger partial charge in [-0.25, -0.2) is 0 Å². The van der Waals surface area contributed by atoms with Crippen LogP contribution in [0.4, 0.5) is 5.69 Å². The molecule has 0 heterocycles. The van der Waals surface area contributed by atoms with Gasteiger partial charge in [0.2, 0.25) is 11.8 Å². The zero-order valence-corrected chi connectivity index (χ0v) is 12.4. The lowest BCUT2D eigenvalue weighted by atomic mass is 10.1. The lowest BCUT2D eigenvalue weighted by Crippen LogP contribution is -2.47. The molecule has 4 nitrogen and oxygen atoms in total. The van der Waals surface area contributed by atoms with Crippen LogP contribution in [-0.2, 0) is 9.59 Å². The Morgan fingerprint density at radius 2 is 1.95 bits per heavy atom. The van der Waals surface area contributed by atoms with E-state index in [4.69, 9.17) is 11.6 Å². The predicted octanol–water partition coefficient (Wildman–Crippen LogP) is 2.61. The number of benzene rings is 1. The topological polar surface area (TPSA) is 49.4 Å². The first kappa shape index (κ1) is 15.5. The monoisotopic (exact) mass is 282 g/mol. The highest BCUT2D eigenvalue weighted by Gasteiger charge is 2.19. The van der Waals surface area contributed by atoms with Crippen molar-refractivity contribution in [2.45, 2.75) is 33.2 Å². The van der Waals surface area contributed by atoms with Gasteiger partial charge in [0.15, 0.2) is 0 Å². The molecule has 0 bridgehead atoms. The fourth-order valence-corrected chi connectivity index (χ4v) is 1.81. The van der Waals surface area contributed by atoms with Crippen molar-refractivity contribution in [2.75, 3.05) is 11.4 Å². The van der Waals surface area contributed by atoms with E-state index in [0.717, 1.165) is 0 Å². The smallest absolute Gasteiger partial charge is 0.240 e. The molecule has 0 aromatic heterocycles. The summed E-state index contributed by atoms with van der Waals surface area (Å²) in [5, 5.41) is 3.35. The number of hydrogen-bond donors (Lipinski definition) is 1. The lowest BCUT2D eigenvalue weighted by molar-refractivity contribution is -0.124. The van der Waals surface area contributed by atoms with Crippen molar-refractivity contribution in [1.29, 1.82) is 0 Å². The van der Waals surface area contributed by atoms with Crippen molar-refractivity contribution in [3.63, 3.8) is 0 Å². The molecule has 0 spiro atoms. The molecule has 0 aliphatic heterocycles. The Balaban J connectivity index is 2.85. The maximum absolute atomic E-state index is 11.9. The fourth-order valence-electron chi connectivity index (χ4n) is 1.63. The minimum Gasteiger partial charge on any atom is -0.350 e. The second-order valence-corrected chi connectivity index (χ2v) is 5.82. The zero-order chi connectivity index (χ0) is 14.6. The van der Waals surface area contributed by atoms with Crippen molar-refractivity contribution in [2.24, 2.45) is 0 Å².